The molecule has 0 aliphatic heterocycles. The van der Waals surface area contributed by atoms with Crippen molar-refractivity contribution in [3.8, 4) is 11.5 Å². The molecule has 1 aromatic heterocycles. The highest BCUT2D eigenvalue weighted by atomic mass is 35.5. The summed E-state index contributed by atoms with van der Waals surface area (Å²) < 4.78 is 10.4. The molecule has 0 saturated heterocycles. The van der Waals surface area contributed by atoms with E-state index in [1.54, 1.807) is 32.4 Å². The van der Waals surface area contributed by atoms with Crippen molar-refractivity contribution in [2.45, 2.75) is 5.88 Å². The van der Waals surface area contributed by atoms with E-state index in [9.17, 15) is 0 Å². The second kappa shape index (κ2) is 6.25. The molecular weight excluding hydrogens is 282 g/mol. The molecule has 3 N–H and O–H groups in total. The number of nitrogens with zero attached hydrogens (tertiary/aromatic N) is 3. The fourth-order valence-corrected chi connectivity index (χ4v) is 1.71. The molecule has 0 radical (unpaired) electrons. The van der Waals surface area contributed by atoms with Crippen molar-refractivity contribution in [3.05, 3.63) is 24.0 Å². The second-order valence-corrected chi connectivity index (χ2v) is 4.03. The maximum absolute atomic E-state index is 5.70. The molecule has 7 nitrogen and oxygen atoms in total. The number of hydrogen-bond donors (Lipinski definition) is 2. The summed E-state index contributed by atoms with van der Waals surface area (Å²) in [5, 5.41) is 3.01. The van der Waals surface area contributed by atoms with Crippen LogP contribution < -0.4 is 20.5 Å². The van der Waals surface area contributed by atoms with Crippen LogP contribution >= 0.6 is 11.6 Å². The van der Waals surface area contributed by atoms with Gasteiger partial charge in [0.05, 0.1) is 25.8 Å². The molecule has 0 aliphatic rings. The van der Waals surface area contributed by atoms with E-state index < -0.39 is 0 Å². The normalized spacial score (nSPS) is 10.2. The summed E-state index contributed by atoms with van der Waals surface area (Å²) in [5.74, 6) is 2.23. The Labute approximate surface area is 121 Å². The van der Waals surface area contributed by atoms with Crippen LogP contribution in [0.1, 0.15) is 5.82 Å². The van der Waals surface area contributed by atoms with Gasteiger partial charge in [0.2, 0.25) is 11.9 Å². The van der Waals surface area contributed by atoms with Gasteiger partial charge in [0.1, 0.15) is 11.5 Å². The van der Waals surface area contributed by atoms with E-state index in [2.05, 4.69) is 20.3 Å². The first kappa shape index (κ1) is 14.1. The molecule has 1 heterocycles. The SMILES string of the molecule is COc1ccc(OC)c(Nc2nc(N)nc(CCl)n2)c1. The van der Waals surface area contributed by atoms with E-state index in [0.29, 0.717) is 29.0 Å². The number of nitrogens with two attached hydrogens (primary N) is 1. The monoisotopic (exact) mass is 295 g/mol. The van der Waals surface area contributed by atoms with Crippen LogP contribution in [0.3, 0.4) is 0 Å². The topological polar surface area (TPSA) is 95.2 Å². The maximum Gasteiger partial charge on any atom is 0.232 e. The Morgan fingerprint density at radius 1 is 1.20 bits per heavy atom. The average molecular weight is 296 g/mol. The number of hydrogen-bond acceptors (Lipinski definition) is 7. The molecule has 0 bridgehead atoms. The summed E-state index contributed by atoms with van der Waals surface area (Å²) >= 11 is 5.70. The van der Waals surface area contributed by atoms with Gasteiger partial charge in [-0.25, -0.2) is 0 Å². The first-order valence-corrected chi connectivity index (χ1v) is 6.25. The summed E-state index contributed by atoms with van der Waals surface area (Å²) in [5.41, 5.74) is 6.25. The summed E-state index contributed by atoms with van der Waals surface area (Å²) in [4.78, 5) is 12.0. The van der Waals surface area contributed by atoms with Crippen molar-refractivity contribution < 1.29 is 9.47 Å². The van der Waals surface area contributed by atoms with E-state index in [0.717, 1.165) is 0 Å². The molecule has 0 fully saturated rings. The van der Waals surface area contributed by atoms with Crippen molar-refractivity contribution in [3.63, 3.8) is 0 Å². The van der Waals surface area contributed by atoms with Crippen molar-refractivity contribution >= 4 is 29.2 Å². The van der Waals surface area contributed by atoms with Crippen LogP contribution in [0.5, 0.6) is 11.5 Å². The van der Waals surface area contributed by atoms with E-state index in [4.69, 9.17) is 26.8 Å². The number of nitrogens with one attached hydrogen (secondary N) is 1. The van der Waals surface area contributed by atoms with E-state index >= 15 is 0 Å². The second-order valence-electron chi connectivity index (χ2n) is 3.76. The first-order valence-electron chi connectivity index (χ1n) is 5.71. The van der Waals surface area contributed by atoms with Gasteiger partial charge < -0.3 is 20.5 Å². The molecular formula is C12H14ClN5O2. The highest BCUT2D eigenvalue weighted by Crippen LogP contribution is 2.30. The lowest BCUT2D eigenvalue weighted by Gasteiger charge is -2.12. The molecule has 0 aliphatic carbocycles. The number of halogens is 1. The van der Waals surface area contributed by atoms with Crippen molar-refractivity contribution in [2.24, 2.45) is 0 Å². The number of rotatable bonds is 5. The van der Waals surface area contributed by atoms with Gasteiger partial charge in [-0.15, -0.1) is 11.6 Å². The molecule has 8 heteroatoms. The summed E-state index contributed by atoms with van der Waals surface area (Å²) in [7, 11) is 3.15. The molecule has 2 rings (SSSR count). The van der Waals surface area contributed by atoms with Crippen molar-refractivity contribution in [1.29, 1.82) is 0 Å². The molecule has 2 aromatic rings. The van der Waals surface area contributed by atoms with Gasteiger partial charge in [-0.3, -0.25) is 0 Å². The average Bonchev–Trinajstić information content (AvgIpc) is 2.46. The predicted octanol–water partition coefficient (Wildman–Crippen LogP) is 1.95. The van der Waals surface area contributed by atoms with Crippen LogP contribution in [-0.2, 0) is 5.88 Å². The van der Waals surface area contributed by atoms with Crippen molar-refractivity contribution in [1.82, 2.24) is 15.0 Å². The number of methoxy groups -OCH3 is 2. The molecule has 106 valence electrons. The van der Waals surface area contributed by atoms with E-state index in [1.807, 2.05) is 0 Å². The number of ether oxygens (including phenoxy) is 2. The number of benzene rings is 1. The lowest BCUT2D eigenvalue weighted by molar-refractivity contribution is 0.405. The minimum absolute atomic E-state index is 0.0972. The zero-order chi connectivity index (χ0) is 14.5. The van der Waals surface area contributed by atoms with Crippen LogP contribution in [0.2, 0.25) is 0 Å². The first-order chi connectivity index (χ1) is 9.66. The van der Waals surface area contributed by atoms with Crippen molar-refractivity contribution in [2.75, 3.05) is 25.3 Å². The molecule has 1 aromatic carbocycles. The van der Waals surface area contributed by atoms with Gasteiger partial charge in [-0.05, 0) is 12.1 Å². The lowest BCUT2D eigenvalue weighted by atomic mass is 10.2. The zero-order valence-corrected chi connectivity index (χ0v) is 11.8. The Hall–Kier alpha value is -2.28. The van der Waals surface area contributed by atoms with Gasteiger partial charge in [0.15, 0.2) is 5.82 Å². The summed E-state index contributed by atoms with van der Waals surface area (Å²) in [6, 6.07) is 5.32. The van der Waals surface area contributed by atoms with E-state index in [1.165, 1.54) is 0 Å². The summed E-state index contributed by atoms with van der Waals surface area (Å²) in [6.07, 6.45) is 0. The highest BCUT2D eigenvalue weighted by Gasteiger charge is 2.09. The molecule has 0 atom stereocenters. The number of aromatic nitrogens is 3. The smallest absolute Gasteiger partial charge is 0.232 e. The minimum atomic E-state index is 0.0972. The number of alkyl halides is 1. The van der Waals surface area contributed by atoms with Crippen LogP contribution in [0.25, 0.3) is 0 Å². The van der Waals surface area contributed by atoms with Gasteiger partial charge in [0, 0.05) is 6.07 Å². The number of anilines is 3. The predicted molar refractivity (Wildman–Crippen MR) is 76.6 cm³/mol. The van der Waals surface area contributed by atoms with Crippen LogP contribution in [0, 0.1) is 0 Å². The summed E-state index contributed by atoms with van der Waals surface area (Å²) in [6.45, 7) is 0. The third-order valence-corrected chi connectivity index (χ3v) is 2.71. The molecule has 0 saturated carbocycles. The van der Waals surface area contributed by atoms with Crippen LogP contribution in [0.4, 0.5) is 17.6 Å². The molecule has 0 unspecified atom stereocenters. The third kappa shape index (κ3) is 3.18. The largest absolute Gasteiger partial charge is 0.497 e. The third-order valence-electron chi connectivity index (χ3n) is 2.47. The van der Waals surface area contributed by atoms with Gasteiger partial charge >= 0.3 is 0 Å². The standard InChI is InChI=1S/C12H14ClN5O2/c1-19-7-3-4-9(20-2)8(5-7)15-12-17-10(6-13)16-11(14)18-12/h3-5H,6H2,1-2H3,(H3,14,15,16,17,18). The molecule has 0 spiro atoms. The van der Waals surface area contributed by atoms with Gasteiger partial charge in [-0.1, -0.05) is 0 Å². The Balaban J connectivity index is 2.35. The Kier molecular flexibility index (Phi) is 4.41. The fraction of sp³-hybridized carbons (Fsp3) is 0.250. The highest BCUT2D eigenvalue weighted by molar-refractivity contribution is 6.16. The van der Waals surface area contributed by atoms with Crippen LogP contribution in [-0.4, -0.2) is 29.2 Å². The molecule has 20 heavy (non-hydrogen) atoms. The number of nitrogen functional groups attached to an aromatic ring is 1. The Morgan fingerprint density at radius 2 is 2.00 bits per heavy atom. The zero-order valence-electron chi connectivity index (χ0n) is 11.1. The van der Waals surface area contributed by atoms with Gasteiger partial charge in [0.25, 0.3) is 0 Å². The maximum atomic E-state index is 5.70. The Bertz CT molecular complexity index is 608. The fourth-order valence-electron chi connectivity index (χ4n) is 1.59. The molecule has 0 amide bonds. The Morgan fingerprint density at radius 3 is 2.65 bits per heavy atom. The van der Waals surface area contributed by atoms with Gasteiger partial charge in [-0.2, -0.15) is 15.0 Å². The lowest BCUT2D eigenvalue weighted by Crippen LogP contribution is -2.06. The minimum Gasteiger partial charge on any atom is -0.497 e. The quantitative estimate of drug-likeness (QED) is 0.814. The van der Waals surface area contributed by atoms with E-state index in [-0.39, 0.29) is 11.8 Å². The van der Waals surface area contributed by atoms with Crippen LogP contribution in [0.15, 0.2) is 18.2 Å².